The summed E-state index contributed by atoms with van der Waals surface area (Å²) in [6.07, 6.45) is 0. The predicted octanol–water partition coefficient (Wildman–Crippen LogP) is 1.72. The minimum absolute atomic E-state index is 0.171. The van der Waals surface area contributed by atoms with Crippen LogP contribution in [0.1, 0.15) is 0 Å². The number of ether oxygens (including phenoxy) is 2. The Labute approximate surface area is 176 Å². The number of aromatic nitrogens is 3. The molecule has 0 spiro atoms. The topological polar surface area (TPSA) is 95.8 Å². The number of hydrogen-bond donors (Lipinski definition) is 0. The molecule has 0 N–H and O–H groups in total. The zero-order valence-corrected chi connectivity index (χ0v) is 17.8. The third kappa shape index (κ3) is 4.53. The molecular formula is C18H19BrN4O5S. The number of sulfonamides is 1. The Bertz CT molecular complexity index is 1080. The van der Waals surface area contributed by atoms with E-state index in [1.807, 2.05) is 24.3 Å². The van der Waals surface area contributed by atoms with Crippen molar-refractivity contribution in [1.82, 2.24) is 19.5 Å². The van der Waals surface area contributed by atoms with E-state index in [1.54, 1.807) is 6.07 Å². The molecule has 0 saturated carbocycles. The Balaban J connectivity index is 1.44. The second-order valence-electron chi connectivity index (χ2n) is 6.26. The van der Waals surface area contributed by atoms with Crippen molar-refractivity contribution in [2.24, 2.45) is 0 Å². The van der Waals surface area contributed by atoms with E-state index in [9.17, 15) is 8.42 Å². The van der Waals surface area contributed by atoms with Crippen LogP contribution in [0.25, 0.3) is 11.0 Å². The van der Waals surface area contributed by atoms with Crippen LogP contribution in [0.3, 0.4) is 0 Å². The number of nitrogens with zero attached hydrogens (tertiary/aromatic N) is 4. The fraction of sp³-hybridized carbons (Fsp3) is 0.333. The van der Waals surface area contributed by atoms with Crippen molar-refractivity contribution in [2.45, 2.75) is 4.90 Å². The molecule has 1 aliphatic rings. The molecule has 1 saturated heterocycles. The molecule has 4 rings (SSSR count). The molecule has 2 heterocycles. The van der Waals surface area contributed by atoms with Crippen molar-refractivity contribution in [3.8, 4) is 5.75 Å². The lowest BCUT2D eigenvalue weighted by molar-refractivity contribution is 0.0639. The summed E-state index contributed by atoms with van der Waals surface area (Å²) in [5.74, 6) is 0.721. The molecule has 0 atom stereocenters. The molecule has 0 amide bonds. The number of rotatable bonds is 7. The Morgan fingerprint density at radius 1 is 1.07 bits per heavy atom. The summed E-state index contributed by atoms with van der Waals surface area (Å²) in [6, 6.07) is 12.1. The maximum absolute atomic E-state index is 12.9. The molecule has 0 radical (unpaired) electrons. The highest BCUT2D eigenvalue weighted by molar-refractivity contribution is 9.10. The maximum Gasteiger partial charge on any atom is 0.243 e. The molecule has 9 nitrogen and oxygen atoms in total. The van der Waals surface area contributed by atoms with Gasteiger partial charge in [0.05, 0.1) is 18.1 Å². The fourth-order valence-corrected chi connectivity index (χ4v) is 4.58. The van der Waals surface area contributed by atoms with Crippen LogP contribution in [0.15, 0.2) is 51.8 Å². The summed E-state index contributed by atoms with van der Waals surface area (Å²) in [4.78, 5) is 6.99. The van der Waals surface area contributed by atoms with Gasteiger partial charge in [-0.05, 0) is 47.7 Å². The normalized spacial score (nSPS) is 15.5. The van der Waals surface area contributed by atoms with Gasteiger partial charge >= 0.3 is 0 Å². The van der Waals surface area contributed by atoms with Gasteiger partial charge in [0, 0.05) is 17.6 Å². The van der Waals surface area contributed by atoms with Gasteiger partial charge in [-0.25, -0.2) is 8.42 Å². The highest BCUT2D eigenvalue weighted by atomic mass is 79.9. The molecular weight excluding hydrogens is 464 g/mol. The van der Waals surface area contributed by atoms with E-state index in [2.05, 4.69) is 26.2 Å². The summed E-state index contributed by atoms with van der Waals surface area (Å²) in [5, 5.41) is 7.96. The lowest BCUT2D eigenvalue weighted by Crippen LogP contribution is -2.40. The van der Waals surface area contributed by atoms with Gasteiger partial charge in [-0.3, -0.25) is 0 Å². The van der Waals surface area contributed by atoms with Crippen LogP contribution in [-0.4, -0.2) is 67.4 Å². The molecule has 29 heavy (non-hydrogen) atoms. The Hall–Kier alpha value is -2.21. The largest absolute Gasteiger partial charge is 0.490 e. The van der Waals surface area contributed by atoms with Crippen molar-refractivity contribution < 1.29 is 22.7 Å². The van der Waals surface area contributed by atoms with E-state index in [0.29, 0.717) is 43.9 Å². The lowest BCUT2D eigenvalue weighted by Gasteiger charge is -2.26. The SMILES string of the molecule is O=S(=O)(c1ccc2nnn(OCCOc3ccc(Br)cc3)c2c1)N1CCOCC1. The summed E-state index contributed by atoms with van der Waals surface area (Å²) in [5.41, 5.74) is 1.02. The molecule has 154 valence electrons. The van der Waals surface area contributed by atoms with Gasteiger partial charge in [0.1, 0.15) is 23.4 Å². The number of hydrogen-bond acceptors (Lipinski definition) is 7. The number of benzene rings is 2. The minimum atomic E-state index is -3.61. The van der Waals surface area contributed by atoms with Crippen molar-refractivity contribution >= 4 is 37.0 Å². The highest BCUT2D eigenvalue weighted by Gasteiger charge is 2.27. The molecule has 1 fully saturated rings. The molecule has 3 aromatic rings. The van der Waals surface area contributed by atoms with Crippen LogP contribution in [-0.2, 0) is 14.8 Å². The Kier molecular flexibility index (Phi) is 5.99. The summed E-state index contributed by atoms with van der Waals surface area (Å²) in [6.45, 7) is 1.97. The first kappa shape index (κ1) is 20.1. The monoisotopic (exact) mass is 482 g/mol. The van der Waals surface area contributed by atoms with Gasteiger partial charge in [0.25, 0.3) is 0 Å². The van der Waals surface area contributed by atoms with E-state index in [-0.39, 0.29) is 11.5 Å². The average molecular weight is 483 g/mol. The van der Waals surface area contributed by atoms with Crippen LogP contribution in [0, 0.1) is 0 Å². The first-order valence-electron chi connectivity index (χ1n) is 8.99. The Morgan fingerprint density at radius 2 is 1.83 bits per heavy atom. The third-order valence-corrected chi connectivity index (χ3v) is 6.80. The summed E-state index contributed by atoms with van der Waals surface area (Å²) in [7, 11) is -3.61. The molecule has 0 bridgehead atoms. The van der Waals surface area contributed by atoms with Crippen molar-refractivity contribution in [2.75, 3.05) is 39.5 Å². The second kappa shape index (κ2) is 8.66. The second-order valence-corrected chi connectivity index (χ2v) is 9.12. The quantitative estimate of drug-likeness (QED) is 0.473. The standard InChI is InChI=1S/C18H19BrN4O5S/c19-14-1-3-15(4-2-14)27-11-12-28-23-18-13-16(5-6-17(18)20-21-23)29(24,25)22-7-9-26-10-8-22/h1-6,13H,7-12H2. The molecule has 2 aromatic carbocycles. The van der Waals surface area contributed by atoms with Crippen molar-refractivity contribution in [3.63, 3.8) is 0 Å². The van der Waals surface area contributed by atoms with E-state index in [0.717, 1.165) is 10.2 Å². The predicted molar refractivity (Wildman–Crippen MR) is 108 cm³/mol. The fourth-order valence-electron chi connectivity index (χ4n) is 2.88. The van der Waals surface area contributed by atoms with Crippen LogP contribution < -0.4 is 9.57 Å². The molecule has 0 aliphatic carbocycles. The molecule has 11 heteroatoms. The van der Waals surface area contributed by atoms with Gasteiger partial charge in [-0.2, -0.15) is 4.31 Å². The van der Waals surface area contributed by atoms with Gasteiger partial charge in [-0.1, -0.05) is 20.8 Å². The zero-order chi connectivity index (χ0) is 20.3. The average Bonchev–Trinajstić information content (AvgIpc) is 3.15. The molecule has 1 aromatic heterocycles. The van der Waals surface area contributed by atoms with Crippen molar-refractivity contribution in [3.05, 3.63) is 46.9 Å². The first-order valence-corrected chi connectivity index (χ1v) is 11.2. The van der Waals surface area contributed by atoms with Crippen LogP contribution in [0.4, 0.5) is 0 Å². The first-order chi connectivity index (χ1) is 14.0. The summed E-state index contributed by atoms with van der Waals surface area (Å²) >= 11 is 3.37. The molecule has 0 unspecified atom stereocenters. The van der Waals surface area contributed by atoms with Gasteiger partial charge in [0.2, 0.25) is 10.0 Å². The minimum Gasteiger partial charge on any atom is -0.490 e. The van der Waals surface area contributed by atoms with Crippen LogP contribution in [0.5, 0.6) is 5.75 Å². The van der Waals surface area contributed by atoms with Gasteiger partial charge in [-0.15, -0.1) is 5.10 Å². The van der Waals surface area contributed by atoms with Crippen LogP contribution in [0.2, 0.25) is 0 Å². The van der Waals surface area contributed by atoms with E-state index in [1.165, 1.54) is 21.3 Å². The van der Waals surface area contributed by atoms with E-state index in [4.69, 9.17) is 14.3 Å². The van der Waals surface area contributed by atoms with Gasteiger partial charge < -0.3 is 14.3 Å². The smallest absolute Gasteiger partial charge is 0.243 e. The van der Waals surface area contributed by atoms with Gasteiger partial charge in [0.15, 0.2) is 6.61 Å². The maximum atomic E-state index is 12.9. The molecule has 1 aliphatic heterocycles. The summed E-state index contributed by atoms with van der Waals surface area (Å²) < 4.78 is 39.0. The number of fused-ring (bicyclic) bond motifs is 1. The van der Waals surface area contributed by atoms with Crippen LogP contribution >= 0.6 is 15.9 Å². The third-order valence-electron chi connectivity index (χ3n) is 4.37. The van der Waals surface area contributed by atoms with E-state index >= 15 is 0 Å². The number of halogens is 1. The van der Waals surface area contributed by atoms with E-state index < -0.39 is 10.0 Å². The number of morpholine rings is 1. The Morgan fingerprint density at radius 3 is 2.59 bits per heavy atom. The highest BCUT2D eigenvalue weighted by Crippen LogP contribution is 2.21. The van der Waals surface area contributed by atoms with Crippen molar-refractivity contribution in [1.29, 1.82) is 0 Å². The lowest BCUT2D eigenvalue weighted by atomic mass is 10.3. The zero-order valence-electron chi connectivity index (χ0n) is 15.4.